The minimum atomic E-state index is 0.829. The van der Waals surface area contributed by atoms with E-state index in [-0.39, 0.29) is 0 Å². The zero-order valence-corrected chi connectivity index (χ0v) is 16.4. The summed E-state index contributed by atoms with van der Waals surface area (Å²) in [5.74, 6) is 0.829. The van der Waals surface area contributed by atoms with Crippen molar-refractivity contribution in [1.29, 1.82) is 0 Å². The first-order chi connectivity index (χ1) is 13.2. The Morgan fingerprint density at radius 2 is 1.52 bits per heavy atom. The fourth-order valence-electron chi connectivity index (χ4n) is 2.42. The predicted octanol–water partition coefficient (Wildman–Crippen LogP) is 7.05. The molecule has 0 unspecified atom stereocenters. The minimum absolute atomic E-state index is 0.829. The fraction of sp³-hybridized carbons (Fsp3) is 0.125. The first kappa shape index (κ1) is 19.0. The van der Waals surface area contributed by atoms with Crippen LogP contribution in [0.15, 0.2) is 107 Å². The normalized spacial score (nSPS) is 12.1. The zero-order chi connectivity index (χ0) is 18.9. The third-order valence-electron chi connectivity index (χ3n) is 3.99. The van der Waals surface area contributed by atoms with Crippen molar-refractivity contribution in [2.45, 2.75) is 25.2 Å². The largest absolute Gasteiger partial charge is 0.465 e. The zero-order valence-electron chi connectivity index (χ0n) is 15.6. The number of rotatable bonds is 6. The van der Waals surface area contributed by atoms with Crippen molar-refractivity contribution >= 4 is 22.5 Å². The molecule has 0 saturated carbocycles. The van der Waals surface area contributed by atoms with E-state index >= 15 is 0 Å². The van der Waals surface area contributed by atoms with E-state index < -0.39 is 0 Å². The van der Waals surface area contributed by atoms with Gasteiger partial charge in [0.05, 0.1) is 11.9 Å². The van der Waals surface area contributed by atoms with E-state index in [9.17, 15) is 0 Å². The maximum atomic E-state index is 5.87. The van der Waals surface area contributed by atoms with Crippen LogP contribution < -0.4 is 4.74 Å². The highest BCUT2D eigenvalue weighted by Gasteiger charge is 2.07. The molecule has 0 fully saturated rings. The van der Waals surface area contributed by atoms with Gasteiger partial charge in [0.25, 0.3) is 0 Å². The molecule has 0 radical (unpaired) electrons. The molecule has 27 heavy (non-hydrogen) atoms. The maximum absolute atomic E-state index is 5.87. The quantitative estimate of drug-likeness (QED) is 0.200. The van der Waals surface area contributed by atoms with Crippen molar-refractivity contribution in [1.82, 2.24) is 0 Å². The van der Waals surface area contributed by atoms with E-state index in [1.807, 2.05) is 67.6 Å². The van der Waals surface area contributed by atoms with Gasteiger partial charge in [-0.3, -0.25) is 0 Å². The van der Waals surface area contributed by atoms with Crippen LogP contribution in [0, 0.1) is 0 Å². The Hall–Kier alpha value is -2.78. The number of ether oxygens (including phenoxy) is 1. The van der Waals surface area contributed by atoms with Gasteiger partial charge >= 0.3 is 0 Å². The van der Waals surface area contributed by atoms with Gasteiger partial charge in [0.1, 0.15) is 10.8 Å². The van der Waals surface area contributed by atoms with Crippen molar-refractivity contribution in [3.8, 4) is 5.75 Å². The molecule has 0 aliphatic heterocycles. The molecule has 0 saturated heterocycles. The molecule has 0 amide bonds. The summed E-state index contributed by atoms with van der Waals surface area (Å²) in [6.45, 7) is 4.17. The average Bonchev–Trinajstić information content (AvgIpc) is 2.73. The number of hydrogen-bond donors (Lipinski definition) is 0. The van der Waals surface area contributed by atoms with Crippen molar-refractivity contribution < 1.29 is 4.74 Å². The van der Waals surface area contributed by atoms with Crippen molar-refractivity contribution in [2.75, 3.05) is 0 Å². The number of hydrogen-bond acceptors (Lipinski definition) is 3. The molecule has 0 bridgehead atoms. The van der Waals surface area contributed by atoms with Crippen LogP contribution in [0.2, 0.25) is 0 Å². The van der Waals surface area contributed by atoms with Crippen molar-refractivity contribution in [3.05, 3.63) is 102 Å². The highest BCUT2D eigenvalue weighted by molar-refractivity contribution is 8.14. The first-order valence-electron chi connectivity index (χ1n) is 9.04. The van der Waals surface area contributed by atoms with Gasteiger partial charge in [0.2, 0.25) is 0 Å². The Bertz CT molecular complexity index is 900. The highest BCUT2D eigenvalue weighted by Crippen LogP contribution is 2.26. The van der Waals surface area contributed by atoms with Gasteiger partial charge in [-0.15, -0.1) is 0 Å². The Morgan fingerprint density at radius 3 is 2.15 bits per heavy atom. The number of thioether (sulfide) groups is 1. The molecule has 0 aliphatic rings. The SMILES string of the molecule is CCc1ccc(O/C=C(\C)C(=Nc2ccccc2)Sc2ccccc2)cc1. The number of aryl methyl sites for hydroxylation is 1. The molecule has 136 valence electrons. The lowest BCUT2D eigenvalue weighted by molar-refractivity contribution is 0.478. The summed E-state index contributed by atoms with van der Waals surface area (Å²) in [5, 5.41) is 0.914. The number of benzene rings is 3. The van der Waals surface area contributed by atoms with E-state index in [1.54, 1.807) is 18.0 Å². The topological polar surface area (TPSA) is 21.6 Å². The molecule has 3 aromatic rings. The summed E-state index contributed by atoms with van der Waals surface area (Å²) in [6.07, 6.45) is 2.80. The number of para-hydroxylation sites is 1. The fourth-order valence-corrected chi connectivity index (χ4v) is 3.30. The van der Waals surface area contributed by atoms with E-state index in [2.05, 4.69) is 31.2 Å². The second kappa shape index (κ2) is 9.79. The Labute approximate surface area is 165 Å². The molecule has 0 atom stereocenters. The lowest BCUT2D eigenvalue weighted by Gasteiger charge is -2.08. The lowest BCUT2D eigenvalue weighted by atomic mass is 10.2. The van der Waals surface area contributed by atoms with Gasteiger partial charge in [-0.1, -0.05) is 67.2 Å². The van der Waals surface area contributed by atoms with Crippen LogP contribution in [0.3, 0.4) is 0 Å². The molecule has 3 aromatic carbocycles. The molecule has 3 rings (SSSR count). The number of aliphatic imine (C=N–C) groups is 1. The molecular formula is C24H23NOS. The summed E-state index contributed by atoms with van der Waals surface area (Å²) in [7, 11) is 0. The van der Waals surface area contributed by atoms with Crippen LogP contribution in [-0.2, 0) is 6.42 Å². The number of nitrogens with zero attached hydrogens (tertiary/aromatic N) is 1. The van der Waals surface area contributed by atoms with Crippen LogP contribution in [0.1, 0.15) is 19.4 Å². The second-order valence-corrected chi connectivity index (χ2v) is 7.15. The summed E-state index contributed by atoms with van der Waals surface area (Å²) in [4.78, 5) is 5.97. The van der Waals surface area contributed by atoms with Crippen LogP contribution in [0.5, 0.6) is 5.75 Å². The van der Waals surface area contributed by atoms with Gasteiger partial charge in [-0.05, 0) is 55.3 Å². The summed E-state index contributed by atoms with van der Waals surface area (Å²) in [5.41, 5.74) is 3.21. The molecule has 0 aromatic heterocycles. The van der Waals surface area contributed by atoms with Gasteiger partial charge in [0, 0.05) is 10.5 Å². The molecular weight excluding hydrogens is 350 g/mol. The Balaban J connectivity index is 1.82. The van der Waals surface area contributed by atoms with Gasteiger partial charge in [0.15, 0.2) is 0 Å². The standard InChI is InChI=1S/C24H23NOS/c1-3-20-14-16-22(17-15-20)26-18-19(2)24(25-21-10-6-4-7-11-21)27-23-12-8-5-9-13-23/h4-18H,3H2,1-2H3/b19-18+,25-24?. The monoisotopic (exact) mass is 373 g/mol. The summed E-state index contributed by atoms with van der Waals surface area (Å²) >= 11 is 1.63. The van der Waals surface area contributed by atoms with E-state index in [4.69, 9.17) is 9.73 Å². The highest BCUT2D eigenvalue weighted by atomic mass is 32.2. The van der Waals surface area contributed by atoms with Gasteiger partial charge in [-0.25, -0.2) is 4.99 Å². The van der Waals surface area contributed by atoms with E-state index in [1.165, 1.54) is 5.56 Å². The Morgan fingerprint density at radius 1 is 0.889 bits per heavy atom. The van der Waals surface area contributed by atoms with E-state index in [0.29, 0.717) is 0 Å². The van der Waals surface area contributed by atoms with Crippen LogP contribution in [-0.4, -0.2) is 5.04 Å². The van der Waals surface area contributed by atoms with E-state index in [0.717, 1.165) is 33.4 Å². The predicted molar refractivity (Wildman–Crippen MR) is 116 cm³/mol. The van der Waals surface area contributed by atoms with Crippen LogP contribution in [0.4, 0.5) is 5.69 Å². The Kier molecular flexibility index (Phi) is 6.89. The van der Waals surface area contributed by atoms with Gasteiger partial charge in [-0.2, -0.15) is 0 Å². The lowest BCUT2D eigenvalue weighted by Crippen LogP contribution is -1.97. The third kappa shape index (κ3) is 5.87. The smallest absolute Gasteiger partial charge is 0.126 e. The molecule has 3 heteroatoms. The molecule has 0 N–H and O–H groups in total. The summed E-state index contributed by atoms with van der Waals surface area (Å²) in [6, 6.07) is 28.4. The molecule has 0 aliphatic carbocycles. The maximum Gasteiger partial charge on any atom is 0.126 e. The molecule has 0 heterocycles. The third-order valence-corrected chi connectivity index (χ3v) is 5.10. The van der Waals surface area contributed by atoms with Crippen molar-refractivity contribution in [3.63, 3.8) is 0 Å². The molecule has 2 nitrogen and oxygen atoms in total. The first-order valence-corrected chi connectivity index (χ1v) is 9.85. The molecule has 0 spiro atoms. The van der Waals surface area contributed by atoms with Crippen LogP contribution >= 0.6 is 11.8 Å². The van der Waals surface area contributed by atoms with Crippen molar-refractivity contribution in [2.24, 2.45) is 4.99 Å². The van der Waals surface area contributed by atoms with Crippen LogP contribution in [0.25, 0.3) is 0 Å². The minimum Gasteiger partial charge on any atom is -0.465 e. The second-order valence-electron chi connectivity index (χ2n) is 6.08. The summed E-state index contributed by atoms with van der Waals surface area (Å²) < 4.78 is 5.87. The average molecular weight is 374 g/mol. The van der Waals surface area contributed by atoms with Gasteiger partial charge < -0.3 is 4.74 Å².